The quantitative estimate of drug-likeness (QED) is 0.584. The molecule has 0 unspecified atom stereocenters. The number of ether oxygens (including phenoxy) is 2. The number of benzene rings is 1. The van der Waals surface area contributed by atoms with Crippen LogP contribution >= 0.6 is 0 Å². The monoisotopic (exact) mass is 387 g/mol. The first-order valence-electron chi connectivity index (χ1n) is 11.0. The van der Waals surface area contributed by atoms with Gasteiger partial charge >= 0.3 is 0 Å². The highest BCUT2D eigenvalue weighted by molar-refractivity contribution is 5.76. The first-order valence-corrected chi connectivity index (χ1v) is 11.0. The summed E-state index contributed by atoms with van der Waals surface area (Å²) >= 11 is 0. The zero-order chi connectivity index (χ0) is 19.6. The van der Waals surface area contributed by atoms with Gasteiger partial charge in [0, 0.05) is 25.4 Å². The smallest absolute Gasteiger partial charge is 0.220 e. The van der Waals surface area contributed by atoms with Crippen molar-refractivity contribution < 1.29 is 14.3 Å². The van der Waals surface area contributed by atoms with Gasteiger partial charge in [0.2, 0.25) is 5.91 Å². The summed E-state index contributed by atoms with van der Waals surface area (Å²) in [7, 11) is 0. The van der Waals surface area contributed by atoms with Crippen LogP contribution in [0.2, 0.25) is 0 Å². The standard InChI is InChI=1S/C23H35N2O3/c1-2-3-4-5-6-9-23(26)24-20(18-25-12-7-8-13-25)16-19-10-11-21-22(17-19)28-15-14-27-21/h10-11,16-17,20H,2-9,12-15,18H2,1H3,(H,24,26)/t20-/m1/s1. The number of nitrogens with one attached hydrogen (secondary N) is 1. The summed E-state index contributed by atoms with van der Waals surface area (Å²) in [5.41, 5.74) is 1.07. The Balaban J connectivity index is 1.54. The molecule has 1 aromatic rings. The summed E-state index contributed by atoms with van der Waals surface area (Å²) in [6.45, 7) is 6.51. The molecule has 2 aliphatic rings. The number of nitrogens with zero attached hydrogens (tertiary/aromatic N) is 1. The SMILES string of the molecule is CCCCCCCC(=O)N[C@H]([CH]c1ccc2c(c1)OCCO2)CN1CCCC1. The molecular formula is C23H35N2O3. The van der Waals surface area contributed by atoms with Gasteiger partial charge in [0.15, 0.2) is 11.5 Å². The van der Waals surface area contributed by atoms with Crippen molar-refractivity contribution in [1.82, 2.24) is 10.2 Å². The van der Waals surface area contributed by atoms with Crippen molar-refractivity contribution in [1.29, 1.82) is 0 Å². The normalized spacial score (nSPS) is 17.5. The molecule has 3 rings (SSSR count). The third kappa shape index (κ3) is 6.69. The molecule has 28 heavy (non-hydrogen) atoms. The molecule has 0 aliphatic carbocycles. The van der Waals surface area contributed by atoms with Crippen LogP contribution in [0, 0.1) is 6.42 Å². The largest absolute Gasteiger partial charge is 0.486 e. The van der Waals surface area contributed by atoms with Gasteiger partial charge in [-0.25, -0.2) is 0 Å². The van der Waals surface area contributed by atoms with Crippen molar-refractivity contribution in [3.63, 3.8) is 0 Å². The lowest BCUT2D eigenvalue weighted by molar-refractivity contribution is -0.121. The molecule has 1 saturated heterocycles. The van der Waals surface area contributed by atoms with Gasteiger partial charge in [0.05, 0.1) is 0 Å². The van der Waals surface area contributed by atoms with E-state index in [1.165, 1.54) is 32.1 Å². The molecule has 1 aromatic carbocycles. The van der Waals surface area contributed by atoms with Crippen LogP contribution in [-0.2, 0) is 4.79 Å². The maximum Gasteiger partial charge on any atom is 0.220 e. The number of hydrogen-bond acceptors (Lipinski definition) is 4. The second-order valence-corrected chi connectivity index (χ2v) is 7.92. The molecule has 1 amide bonds. The number of unbranched alkanes of at least 4 members (excludes halogenated alkanes) is 4. The second-order valence-electron chi connectivity index (χ2n) is 7.92. The summed E-state index contributed by atoms with van der Waals surface area (Å²) < 4.78 is 11.3. The molecule has 0 saturated carbocycles. The predicted molar refractivity (Wildman–Crippen MR) is 112 cm³/mol. The zero-order valence-corrected chi connectivity index (χ0v) is 17.3. The van der Waals surface area contributed by atoms with Crippen molar-refractivity contribution in [3.05, 3.63) is 30.2 Å². The molecule has 1 atom stereocenters. The van der Waals surface area contributed by atoms with Crippen molar-refractivity contribution in [3.8, 4) is 11.5 Å². The maximum atomic E-state index is 12.5. The Morgan fingerprint density at radius 3 is 2.64 bits per heavy atom. The molecule has 0 bridgehead atoms. The van der Waals surface area contributed by atoms with Crippen LogP contribution in [0.1, 0.15) is 63.9 Å². The first kappa shape index (κ1) is 21.0. The molecule has 2 heterocycles. The number of fused-ring (bicyclic) bond motifs is 1. The molecule has 1 radical (unpaired) electrons. The highest BCUT2D eigenvalue weighted by Gasteiger charge is 2.21. The topological polar surface area (TPSA) is 50.8 Å². The van der Waals surface area contributed by atoms with Crippen LogP contribution in [0.4, 0.5) is 0 Å². The van der Waals surface area contributed by atoms with Gasteiger partial charge < -0.3 is 19.7 Å². The Morgan fingerprint density at radius 2 is 1.86 bits per heavy atom. The number of rotatable bonds is 11. The minimum absolute atomic E-state index is 0.0174. The van der Waals surface area contributed by atoms with Crippen molar-refractivity contribution in [2.45, 2.75) is 64.3 Å². The van der Waals surface area contributed by atoms with E-state index in [1.54, 1.807) is 0 Å². The summed E-state index contributed by atoms with van der Waals surface area (Å²) in [5, 5.41) is 3.26. The highest BCUT2D eigenvalue weighted by Crippen LogP contribution is 2.31. The van der Waals surface area contributed by atoms with E-state index >= 15 is 0 Å². The number of likely N-dealkylation sites (tertiary alicyclic amines) is 1. The fourth-order valence-corrected chi connectivity index (χ4v) is 3.95. The van der Waals surface area contributed by atoms with Crippen LogP contribution in [0.15, 0.2) is 18.2 Å². The molecule has 0 spiro atoms. The molecule has 155 valence electrons. The maximum absolute atomic E-state index is 12.5. The van der Waals surface area contributed by atoms with E-state index in [-0.39, 0.29) is 11.9 Å². The lowest BCUT2D eigenvalue weighted by Gasteiger charge is -2.25. The Hall–Kier alpha value is -1.75. The van der Waals surface area contributed by atoms with Gasteiger partial charge in [0.25, 0.3) is 0 Å². The predicted octanol–water partition coefficient (Wildman–Crippen LogP) is 3.95. The van der Waals surface area contributed by atoms with E-state index in [0.717, 1.165) is 49.5 Å². The molecule has 2 aliphatic heterocycles. The number of hydrogen-bond donors (Lipinski definition) is 1. The van der Waals surface area contributed by atoms with E-state index < -0.39 is 0 Å². The summed E-state index contributed by atoms with van der Waals surface area (Å²) in [4.78, 5) is 14.9. The Labute approximate surface area is 169 Å². The van der Waals surface area contributed by atoms with E-state index in [9.17, 15) is 4.79 Å². The Kier molecular flexibility index (Phi) is 8.46. The van der Waals surface area contributed by atoms with Crippen LogP contribution in [0.5, 0.6) is 11.5 Å². The van der Waals surface area contributed by atoms with Crippen LogP contribution < -0.4 is 14.8 Å². The number of amides is 1. The van der Waals surface area contributed by atoms with E-state index in [1.807, 2.05) is 18.2 Å². The lowest BCUT2D eigenvalue weighted by Crippen LogP contribution is -2.43. The third-order valence-corrected chi connectivity index (χ3v) is 5.47. The van der Waals surface area contributed by atoms with Gasteiger partial charge in [-0.3, -0.25) is 4.79 Å². The zero-order valence-electron chi connectivity index (χ0n) is 17.3. The van der Waals surface area contributed by atoms with Gasteiger partial charge in [-0.2, -0.15) is 0 Å². The van der Waals surface area contributed by atoms with E-state index in [0.29, 0.717) is 19.6 Å². The minimum Gasteiger partial charge on any atom is -0.486 e. The summed E-state index contributed by atoms with van der Waals surface area (Å²) in [5.74, 6) is 1.76. The minimum atomic E-state index is 0.0174. The van der Waals surface area contributed by atoms with Crippen LogP contribution in [-0.4, -0.2) is 49.7 Å². The summed E-state index contributed by atoms with van der Waals surface area (Å²) in [6.07, 6.45) is 11.1. The average molecular weight is 388 g/mol. The van der Waals surface area contributed by atoms with Gasteiger partial charge in [-0.15, -0.1) is 0 Å². The molecule has 0 aromatic heterocycles. The highest BCUT2D eigenvalue weighted by atomic mass is 16.6. The van der Waals surface area contributed by atoms with Crippen LogP contribution in [0.25, 0.3) is 0 Å². The average Bonchev–Trinajstić information content (AvgIpc) is 3.20. The number of carbonyl (C=O) groups excluding carboxylic acids is 1. The van der Waals surface area contributed by atoms with E-state index in [4.69, 9.17) is 9.47 Å². The second kappa shape index (κ2) is 11.3. The van der Waals surface area contributed by atoms with Crippen molar-refractivity contribution in [2.24, 2.45) is 0 Å². The third-order valence-electron chi connectivity index (χ3n) is 5.47. The van der Waals surface area contributed by atoms with Crippen LogP contribution in [0.3, 0.4) is 0 Å². The summed E-state index contributed by atoms with van der Waals surface area (Å²) in [6, 6.07) is 6.04. The van der Waals surface area contributed by atoms with Crippen molar-refractivity contribution >= 4 is 5.91 Å². The first-order chi connectivity index (χ1) is 13.7. The molecule has 1 fully saturated rings. The molecule has 5 nitrogen and oxygen atoms in total. The fourth-order valence-electron chi connectivity index (χ4n) is 3.95. The van der Waals surface area contributed by atoms with Gasteiger partial charge in [0.1, 0.15) is 13.2 Å². The van der Waals surface area contributed by atoms with Gasteiger partial charge in [-0.05, 0) is 50.0 Å². The molecule has 5 heteroatoms. The van der Waals surface area contributed by atoms with Gasteiger partial charge in [-0.1, -0.05) is 38.7 Å². The Morgan fingerprint density at radius 1 is 1.11 bits per heavy atom. The number of carbonyl (C=O) groups is 1. The fraction of sp³-hybridized carbons (Fsp3) is 0.652. The molecular weight excluding hydrogens is 352 g/mol. The van der Waals surface area contributed by atoms with Crippen molar-refractivity contribution in [2.75, 3.05) is 32.8 Å². The van der Waals surface area contributed by atoms with E-state index in [2.05, 4.69) is 23.6 Å². The molecule has 1 N–H and O–H groups in total. The lowest BCUT2D eigenvalue weighted by atomic mass is 10.0. The Bertz CT molecular complexity index is 614.